The maximum Gasteiger partial charge on any atom is 0.335 e. The highest BCUT2D eigenvalue weighted by atomic mass is 19.1. The molecule has 5 aromatic rings. The lowest BCUT2D eigenvalue weighted by Crippen LogP contribution is -2.35. The number of piperidine rings is 1. The number of rotatable bonds is 10. The van der Waals surface area contributed by atoms with Crippen LogP contribution in [0.3, 0.4) is 0 Å². The van der Waals surface area contributed by atoms with Gasteiger partial charge in [0.1, 0.15) is 18.2 Å². The van der Waals surface area contributed by atoms with Gasteiger partial charge in [0.05, 0.1) is 59.4 Å². The molecule has 4 heterocycles. The Hall–Kier alpha value is -5.02. The third-order valence-electron chi connectivity index (χ3n) is 8.13. The van der Waals surface area contributed by atoms with Crippen LogP contribution in [0.25, 0.3) is 11.0 Å². The second-order valence-corrected chi connectivity index (χ2v) is 11.4. The summed E-state index contributed by atoms with van der Waals surface area (Å²) in [4.78, 5) is 23.4. The van der Waals surface area contributed by atoms with E-state index in [1.54, 1.807) is 36.4 Å². The Morgan fingerprint density at radius 3 is 2.70 bits per heavy atom. The number of imidazole rings is 2. The maximum absolute atomic E-state index is 14.2. The van der Waals surface area contributed by atoms with Crippen molar-refractivity contribution >= 4 is 17.0 Å². The summed E-state index contributed by atoms with van der Waals surface area (Å²) in [5.74, 6) is -0.144. The fourth-order valence-corrected chi connectivity index (χ4v) is 5.71. The molecule has 226 valence electrons. The minimum absolute atomic E-state index is 0.0277. The lowest BCUT2D eigenvalue weighted by Gasteiger charge is -2.31. The molecule has 1 N–H and O–H groups in total. The van der Waals surface area contributed by atoms with E-state index in [1.807, 2.05) is 29.5 Å². The van der Waals surface area contributed by atoms with Crippen LogP contribution in [0, 0.1) is 17.1 Å². The van der Waals surface area contributed by atoms with E-state index in [-0.39, 0.29) is 29.8 Å². The van der Waals surface area contributed by atoms with Crippen LogP contribution in [-0.2, 0) is 19.7 Å². The molecular formula is C32H33FN8O3. The van der Waals surface area contributed by atoms with Crippen molar-refractivity contribution in [2.75, 3.05) is 13.1 Å². The molecule has 1 saturated heterocycles. The molecule has 0 spiro atoms. The normalized spacial score (nSPS) is 14.3. The van der Waals surface area contributed by atoms with E-state index in [2.05, 4.69) is 38.0 Å². The second kappa shape index (κ2) is 12.3. The molecule has 6 rings (SSSR count). The highest BCUT2D eigenvalue weighted by molar-refractivity contribution is 5.92. The molecule has 11 nitrogen and oxygen atoms in total. The van der Waals surface area contributed by atoms with Gasteiger partial charge in [0.2, 0.25) is 5.88 Å². The van der Waals surface area contributed by atoms with Gasteiger partial charge in [-0.2, -0.15) is 5.26 Å². The van der Waals surface area contributed by atoms with E-state index in [1.165, 1.54) is 6.07 Å². The highest BCUT2D eigenvalue weighted by Crippen LogP contribution is 2.27. The number of aromatic nitrogens is 6. The number of hydrogen-bond donors (Lipinski definition) is 1. The van der Waals surface area contributed by atoms with Crippen molar-refractivity contribution in [1.82, 2.24) is 33.8 Å². The minimum atomic E-state index is -0.968. The molecule has 3 aromatic heterocycles. The van der Waals surface area contributed by atoms with E-state index in [4.69, 9.17) is 15.0 Å². The Morgan fingerprint density at radius 1 is 1.16 bits per heavy atom. The largest absolute Gasteiger partial charge is 0.478 e. The van der Waals surface area contributed by atoms with Crippen molar-refractivity contribution in [1.29, 1.82) is 5.26 Å². The van der Waals surface area contributed by atoms with Crippen LogP contribution in [0.15, 0.2) is 61.2 Å². The van der Waals surface area contributed by atoms with Crippen LogP contribution in [0.2, 0.25) is 0 Å². The van der Waals surface area contributed by atoms with E-state index in [0.29, 0.717) is 24.5 Å². The number of carboxylic acid groups (broad SMARTS) is 1. The molecule has 12 heteroatoms. The lowest BCUT2D eigenvalue weighted by molar-refractivity contribution is 0.0697. The number of hydrogen-bond acceptors (Lipinski definition) is 7. The Labute approximate surface area is 253 Å². The van der Waals surface area contributed by atoms with Gasteiger partial charge in [0.25, 0.3) is 0 Å². The molecule has 1 aliphatic heterocycles. The molecule has 0 amide bonds. The van der Waals surface area contributed by atoms with Gasteiger partial charge in [0, 0.05) is 43.2 Å². The van der Waals surface area contributed by atoms with Crippen LogP contribution in [-0.4, -0.2) is 57.9 Å². The number of nitrogens with zero attached hydrogens (tertiary/aromatic N) is 8. The number of benzene rings is 2. The number of aromatic carboxylic acids is 1. The summed E-state index contributed by atoms with van der Waals surface area (Å²) in [6.45, 7) is 7.08. The van der Waals surface area contributed by atoms with E-state index in [9.17, 15) is 14.3 Å². The van der Waals surface area contributed by atoms with Crippen molar-refractivity contribution in [3.05, 3.63) is 95.2 Å². The van der Waals surface area contributed by atoms with Crippen LogP contribution >= 0.6 is 0 Å². The van der Waals surface area contributed by atoms with Crippen molar-refractivity contribution in [3.8, 4) is 11.9 Å². The first-order chi connectivity index (χ1) is 21.3. The van der Waals surface area contributed by atoms with Crippen LogP contribution in [0.4, 0.5) is 4.39 Å². The van der Waals surface area contributed by atoms with Crippen LogP contribution in [0.5, 0.6) is 5.88 Å². The van der Waals surface area contributed by atoms with Crippen molar-refractivity contribution in [2.45, 2.75) is 58.5 Å². The zero-order valence-corrected chi connectivity index (χ0v) is 24.6. The molecule has 0 atom stereocenters. The number of fused-ring (bicyclic) bond motifs is 1. The monoisotopic (exact) mass is 596 g/mol. The Bertz CT molecular complexity index is 1840. The molecule has 1 aliphatic rings. The van der Waals surface area contributed by atoms with Gasteiger partial charge in [-0.05, 0) is 57.0 Å². The predicted octanol–water partition coefficient (Wildman–Crippen LogP) is 5.18. The summed E-state index contributed by atoms with van der Waals surface area (Å²) < 4.78 is 26.1. The molecular weight excluding hydrogens is 563 g/mol. The predicted molar refractivity (Wildman–Crippen MR) is 160 cm³/mol. The molecule has 0 aliphatic carbocycles. The Kier molecular flexibility index (Phi) is 8.13. The summed E-state index contributed by atoms with van der Waals surface area (Å²) in [6.07, 6.45) is 7.33. The molecule has 1 fully saturated rings. The summed E-state index contributed by atoms with van der Waals surface area (Å²) >= 11 is 0. The van der Waals surface area contributed by atoms with E-state index in [0.717, 1.165) is 48.5 Å². The van der Waals surface area contributed by atoms with E-state index >= 15 is 0 Å². The first kappa shape index (κ1) is 29.1. The topological polar surface area (TPSA) is 127 Å². The third-order valence-corrected chi connectivity index (χ3v) is 8.13. The lowest BCUT2D eigenvalue weighted by atomic mass is 10.1. The number of carbonyl (C=O) groups is 1. The summed E-state index contributed by atoms with van der Waals surface area (Å²) in [6, 6.07) is 13.5. The average Bonchev–Trinajstić information content (AvgIpc) is 3.76. The van der Waals surface area contributed by atoms with Gasteiger partial charge >= 0.3 is 5.97 Å². The van der Waals surface area contributed by atoms with Gasteiger partial charge in [-0.1, -0.05) is 6.07 Å². The molecule has 0 unspecified atom stereocenters. The first-order valence-corrected chi connectivity index (χ1v) is 14.6. The molecule has 2 aromatic carbocycles. The summed E-state index contributed by atoms with van der Waals surface area (Å²) in [7, 11) is 0. The van der Waals surface area contributed by atoms with Crippen LogP contribution < -0.4 is 4.74 Å². The Morgan fingerprint density at radius 2 is 1.98 bits per heavy atom. The van der Waals surface area contributed by atoms with Crippen molar-refractivity contribution < 1.29 is 19.0 Å². The molecule has 44 heavy (non-hydrogen) atoms. The van der Waals surface area contributed by atoms with Gasteiger partial charge in [-0.25, -0.2) is 19.2 Å². The number of likely N-dealkylation sites (tertiary alicyclic amines) is 1. The summed E-state index contributed by atoms with van der Waals surface area (Å²) in [5.41, 5.74) is 3.44. The SMILES string of the molecule is CC(C)n1cncc1Cn1c(CN2CCC(n3ccc(OCc4ccc(C#N)cc4F)n3)CC2)nc2ccc(C(=O)O)cc21. The number of nitriles is 1. The van der Waals surface area contributed by atoms with Crippen molar-refractivity contribution in [2.24, 2.45) is 0 Å². The zero-order valence-electron chi connectivity index (χ0n) is 24.6. The number of carboxylic acids is 1. The van der Waals surface area contributed by atoms with Gasteiger partial charge in [-0.3, -0.25) is 9.58 Å². The second-order valence-electron chi connectivity index (χ2n) is 11.4. The van der Waals surface area contributed by atoms with Crippen LogP contribution in [0.1, 0.15) is 71.8 Å². The zero-order chi connectivity index (χ0) is 30.8. The summed E-state index contributed by atoms with van der Waals surface area (Å²) in [5, 5.41) is 23.1. The fraction of sp³-hybridized carbons (Fsp3) is 0.344. The van der Waals surface area contributed by atoms with Gasteiger partial charge < -0.3 is 19.0 Å². The highest BCUT2D eigenvalue weighted by Gasteiger charge is 2.24. The minimum Gasteiger partial charge on any atom is -0.478 e. The maximum atomic E-state index is 14.2. The standard InChI is InChI=1S/C32H33FN8O3/c1-21(2)40-20-35-16-26(40)17-39-29-14-23(32(42)43)5-6-28(29)36-30(39)18-38-10-7-25(8-11-38)41-12-9-31(37-41)44-19-24-4-3-22(15-34)13-27(24)33/h3-6,9,12-14,16,20-21,25H,7-8,10-11,17-19H2,1-2H3,(H,42,43). The van der Waals surface area contributed by atoms with Crippen molar-refractivity contribution in [3.63, 3.8) is 0 Å². The Balaban J connectivity index is 1.13. The van der Waals surface area contributed by atoms with Gasteiger partial charge in [-0.15, -0.1) is 5.10 Å². The van der Waals surface area contributed by atoms with E-state index < -0.39 is 11.8 Å². The molecule has 0 radical (unpaired) electrons. The fourth-order valence-electron chi connectivity index (χ4n) is 5.71. The number of ether oxygens (including phenoxy) is 1. The first-order valence-electron chi connectivity index (χ1n) is 14.6. The number of halogens is 1. The smallest absolute Gasteiger partial charge is 0.335 e. The average molecular weight is 597 g/mol. The quantitative estimate of drug-likeness (QED) is 0.234. The molecule has 0 bridgehead atoms. The third kappa shape index (κ3) is 6.05. The van der Waals surface area contributed by atoms with Gasteiger partial charge in [0.15, 0.2) is 0 Å². The molecule has 0 saturated carbocycles.